The molecule has 22 heavy (non-hydrogen) atoms. The van der Waals surface area contributed by atoms with E-state index in [9.17, 15) is 14.4 Å². The second kappa shape index (κ2) is 6.93. The number of urea groups is 1. The van der Waals surface area contributed by atoms with Crippen molar-refractivity contribution in [3.8, 4) is 0 Å². The van der Waals surface area contributed by atoms with Gasteiger partial charge in [-0.05, 0) is 31.0 Å². The van der Waals surface area contributed by atoms with Gasteiger partial charge in [0.1, 0.15) is 0 Å². The molecule has 118 valence electrons. The molecule has 1 fully saturated rings. The normalized spacial score (nSPS) is 15.2. The number of carboxylic acid groups (broad SMARTS) is 1. The largest absolute Gasteiger partial charge is 0.481 e. The molecule has 0 spiro atoms. The summed E-state index contributed by atoms with van der Waals surface area (Å²) in [6.07, 6.45) is 0.934. The molecule has 0 radical (unpaired) electrons. The fourth-order valence-electron chi connectivity index (χ4n) is 2.41. The van der Waals surface area contributed by atoms with Crippen LogP contribution in [0.3, 0.4) is 0 Å². The number of nitrogens with zero attached hydrogens (tertiary/aromatic N) is 1. The zero-order chi connectivity index (χ0) is 16.1. The van der Waals surface area contributed by atoms with E-state index in [0.29, 0.717) is 37.3 Å². The molecule has 0 aliphatic carbocycles. The molecule has 0 atom stereocenters. The Labute approximate surface area is 128 Å². The van der Waals surface area contributed by atoms with Gasteiger partial charge in [0, 0.05) is 31.4 Å². The van der Waals surface area contributed by atoms with Gasteiger partial charge in [-0.2, -0.15) is 0 Å². The Bertz CT molecular complexity index is 580. The van der Waals surface area contributed by atoms with Crippen molar-refractivity contribution in [2.24, 2.45) is 5.92 Å². The average Bonchev–Trinajstić information content (AvgIpc) is 2.47. The van der Waals surface area contributed by atoms with E-state index < -0.39 is 5.97 Å². The molecule has 3 N–H and O–H groups in total. The van der Waals surface area contributed by atoms with Gasteiger partial charge in [-0.15, -0.1) is 0 Å². The maximum Gasteiger partial charge on any atom is 0.321 e. The van der Waals surface area contributed by atoms with E-state index in [0.717, 1.165) is 0 Å². The fourth-order valence-corrected chi connectivity index (χ4v) is 2.41. The number of piperidine rings is 1. The first-order valence-corrected chi connectivity index (χ1v) is 7.12. The average molecular weight is 305 g/mol. The lowest BCUT2D eigenvalue weighted by atomic mass is 9.97. The van der Waals surface area contributed by atoms with Crippen molar-refractivity contribution in [1.29, 1.82) is 0 Å². The highest BCUT2D eigenvalue weighted by Gasteiger charge is 2.26. The molecule has 1 aromatic carbocycles. The number of nitrogens with one attached hydrogen (secondary N) is 2. The van der Waals surface area contributed by atoms with Crippen LogP contribution in [0.5, 0.6) is 0 Å². The quantitative estimate of drug-likeness (QED) is 0.795. The van der Waals surface area contributed by atoms with E-state index in [1.54, 1.807) is 29.2 Å². The van der Waals surface area contributed by atoms with E-state index in [4.69, 9.17) is 5.11 Å². The summed E-state index contributed by atoms with van der Waals surface area (Å²) in [4.78, 5) is 35.7. The summed E-state index contributed by atoms with van der Waals surface area (Å²) in [5, 5.41) is 14.4. The van der Waals surface area contributed by atoms with Crippen LogP contribution in [-0.2, 0) is 9.59 Å². The van der Waals surface area contributed by atoms with E-state index in [2.05, 4.69) is 10.6 Å². The molecule has 2 rings (SSSR count). The molecular formula is C15H19N3O4. The minimum atomic E-state index is -0.803. The first kappa shape index (κ1) is 15.8. The lowest BCUT2D eigenvalue weighted by Crippen LogP contribution is -2.42. The molecule has 0 saturated carbocycles. The van der Waals surface area contributed by atoms with Gasteiger partial charge in [0.15, 0.2) is 0 Å². The third-order valence-corrected chi connectivity index (χ3v) is 3.57. The van der Waals surface area contributed by atoms with Crippen molar-refractivity contribution in [2.75, 3.05) is 23.7 Å². The zero-order valence-corrected chi connectivity index (χ0v) is 12.3. The van der Waals surface area contributed by atoms with Gasteiger partial charge in [0.05, 0.1) is 5.92 Å². The highest BCUT2D eigenvalue weighted by atomic mass is 16.4. The Morgan fingerprint density at radius 1 is 1.14 bits per heavy atom. The van der Waals surface area contributed by atoms with Crippen molar-refractivity contribution in [2.45, 2.75) is 19.8 Å². The number of anilines is 2. The standard InChI is InChI=1S/C15H19N3O4/c1-10(19)16-12-3-2-4-13(9-12)17-15(22)18-7-5-11(6-8-18)14(20)21/h2-4,9,11H,5-8H2,1H3,(H,16,19)(H,17,22)(H,20,21). The topological polar surface area (TPSA) is 98.7 Å². The molecule has 3 amide bonds. The highest BCUT2D eigenvalue weighted by Crippen LogP contribution is 2.19. The lowest BCUT2D eigenvalue weighted by molar-refractivity contribution is -0.143. The number of aliphatic carboxylic acids is 1. The second-order valence-corrected chi connectivity index (χ2v) is 5.29. The van der Waals surface area contributed by atoms with Crippen LogP contribution in [-0.4, -0.2) is 41.0 Å². The predicted octanol–water partition coefficient (Wildman–Crippen LogP) is 1.97. The van der Waals surface area contributed by atoms with Gasteiger partial charge in [-0.3, -0.25) is 9.59 Å². The van der Waals surface area contributed by atoms with Gasteiger partial charge in [-0.1, -0.05) is 6.07 Å². The van der Waals surface area contributed by atoms with E-state index in [1.165, 1.54) is 6.92 Å². The van der Waals surface area contributed by atoms with Crippen molar-refractivity contribution in [1.82, 2.24) is 4.90 Å². The molecule has 1 aliphatic rings. The van der Waals surface area contributed by atoms with Gasteiger partial charge in [0.2, 0.25) is 5.91 Å². The first-order chi connectivity index (χ1) is 10.5. The van der Waals surface area contributed by atoms with Crippen LogP contribution in [0.1, 0.15) is 19.8 Å². The zero-order valence-electron chi connectivity index (χ0n) is 12.3. The number of likely N-dealkylation sites (tertiary alicyclic amines) is 1. The van der Waals surface area contributed by atoms with Crippen LogP contribution >= 0.6 is 0 Å². The maximum atomic E-state index is 12.2. The summed E-state index contributed by atoms with van der Waals surface area (Å²) in [6, 6.07) is 6.60. The Morgan fingerprint density at radius 2 is 1.73 bits per heavy atom. The molecule has 0 bridgehead atoms. The predicted molar refractivity (Wildman–Crippen MR) is 81.7 cm³/mol. The fraction of sp³-hybridized carbons (Fsp3) is 0.400. The van der Waals surface area contributed by atoms with E-state index in [-0.39, 0.29) is 17.9 Å². The summed E-state index contributed by atoms with van der Waals surface area (Å²) in [5.74, 6) is -1.35. The molecule has 7 heteroatoms. The van der Waals surface area contributed by atoms with Crippen LogP contribution < -0.4 is 10.6 Å². The summed E-state index contributed by atoms with van der Waals surface area (Å²) in [6.45, 7) is 2.26. The number of carboxylic acids is 1. The summed E-state index contributed by atoms with van der Waals surface area (Å²) >= 11 is 0. The molecule has 7 nitrogen and oxygen atoms in total. The smallest absolute Gasteiger partial charge is 0.321 e. The summed E-state index contributed by atoms with van der Waals surface area (Å²) < 4.78 is 0. The Balaban J connectivity index is 1.92. The number of hydrogen-bond acceptors (Lipinski definition) is 3. The highest BCUT2D eigenvalue weighted by molar-refractivity contribution is 5.92. The number of carbonyl (C=O) groups is 3. The van der Waals surface area contributed by atoms with Crippen LogP contribution in [0.4, 0.5) is 16.2 Å². The minimum Gasteiger partial charge on any atom is -0.481 e. The van der Waals surface area contributed by atoms with Crippen molar-refractivity contribution in [3.63, 3.8) is 0 Å². The lowest BCUT2D eigenvalue weighted by Gasteiger charge is -2.30. The molecule has 0 unspecified atom stereocenters. The molecular weight excluding hydrogens is 286 g/mol. The van der Waals surface area contributed by atoms with Crippen LogP contribution in [0.15, 0.2) is 24.3 Å². The van der Waals surface area contributed by atoms with Crippen LogP contribution in [0.25, 0.3) is 0 Å². The van der Waals surface area contributed by atoms with Crippen molar-refractivity contribution < 1.29 is 19.5 Å². The first-order valence-electron chi connectivity index (χ1n) is 7.12. The van der Waals surface area contributed by atoms with Crippen LogP contribution in [0.2, 0.25) is 0 Å². The molecule has 1 heterocycles. The maximum absolute atomic E-state index is 12.2. The molecule has 0 aromatic heterocycles. The Kier molecular flexibility index (Phi) is 4.98. The van der Waals surface area contributed by atoms with Crippen molar-refractivity contribution >= 4 is 29.3 Å². The minimum absolute atomic E-state index is 0.181. The van der Waals surface area contributed by atoms with Gasteiger partial charge in [0.25, 0.3) is 0 Å². The number of carbonyl (C=O) groups excluding carboxylic acids is 2. The van der Waals surface area contributed by atoms with Gasteiger partial charge in [-0.25, -0.2) is 4.79 Å². The van der Waals surface area contributed by atoms with Gasteiger partial charge >= 0.3 is 12.0 Å². The molecule has 1 saturated heterocycles. The third-order valence-electron chi connectivity index (χ3n) is 3.57. The SMILES string of the molecule is CC(=O)Nc1cccc(NC(=O)N2CCC(C(=O)O)CC2)c1. The number of benzene rings is 1. The number of rotatable bonds is 3. The van der Waals surface area contributed by atoms with Gasteiger partial charge < -0.3 is 20.6 Å². The number of amides is 3. The number of hydrogen-bond donors (Lipinski definition) is 3. The second-order valence-electron chi connectivity index (χ2n) is 5.29. The van der Waals surface area contributed by atoms with Crippen molar-refractivity contribution in [3.05, 3.63) is 24.3 Å². The Morgan fingerprint density at radius 3 is 2.27 bits per heavy atom. The van der Waals surface area contributed by atoms with E-state index >= 15 is 0 Å². The Hall–Kier alpha value is -2.57. The van der Waals surface area contributed by atoms with E-state index in [1.807, 2.05) is 0 Å². The summed E-state index contributed by atoms with van der Waals surface area (Å²) in [7, 11) is 0. The summed E-state index contributed by atoms with van der Waals surface area (Å²) in [5.41, 5.74) is 1.19. The molecule has 1 aromatic rings. The monoisotopic (exact) mass is 305 g/mol. The van der Waals surface area contributed by atoms with Crippen LogP contribution in [0, 0.1) is 5.92 Å². The molecule has 1 aliphatic heterocycles. The third kappa shape index (κ3) is 4.21.